The fraction of sp³-hybridized carbons (Fsp3) is 0.250. The van der Waals surface area contributed by atoms with Gasteiger partial charge in [-0.25, -0.2) is 0 Å². The van der Waals surface area contributed by atoms with Crippen LogP contribution in [-0.4, -0.2) is 10.7 Å². The molecule has 8 heteroatoms. The van der Waals surface area contributed by atoms with Crippen LogP contribution in [0.25, 0.3) is 0 Å². The van der Waals surface area contributed by atoms with Gasteiger partial charge >= 0.3 is 0 Å². The van der Waals surface area contributed by atoms with E-state index in [1.807, 2.05) is 6.92 Å². The summed E-state index contributed by atoms with van der Waals surface area (Å²) in [7, 11) is 0. The van der Waals surface area contributed by atoms with Crippen molar-refractivity contribution >= 4 is 28.9 Å². The van der Waals surface area contributed by atoms with E-state index in [4.69, 9.17) is 5.73 Å². The number of rotatable bonds is 6. The van der Waals surface area contributed by atoms with Crippen LogP contribution >= 0.6 is 11.8 Å². The third-order valence-corrected chi connectivity index (χ3v) is 8.74. The number of allylic oxidation sites excluding steroid dienone is 3. The third-order valence-electron chi connectivity index (χ3n) is 7.68. The number of nitriles is 1. The number of nitrogens with zero attached hydrogens (tertiary/aromatic N) is 3. The van der Waals surface area contributed by atoms with Crippen LogP contribution in [0.1, 0.15) is 53.0 Å². The molecule has 40 heavy (non-hydrogen) atoms. The number of para-hydroxylation sites is 2. The SMILES string of the molecule is Cc1ccc(SCc2cc(C3C(C#N)=C(N)N(c4ccccc4[N+](=O)[O-])C4=C3C(=O)CCC4)c(C)cc2C)cc1. The molecule has 7 nitrogen and oxygen atoms in total. The number of hydrogen-bond donors (Lipinski definition) is 1. The van der Waals surface area contributed by atoms with Gasteiger partial charge in [0.15, 0.2) is 5.78 Å². The van der Waals surface area contributed by atoms with Gasteiger partial charge in [-0.05, 0) is 74.1 Å². The average molecular weight is 551 g/mol. The number of ketones is 1. The van der Waals surface area contributed by atoms with Crippen LogP contribution in [0.3, 0.4) is 0 Å². The molecule has 1 heterocycles. The van der Waals surface area contributed by atoms with Crippen molar-refractivity contribution in [2.75, 3.05) is 4.90 Å². The second-order valence-corrected chi connectivity index (χ2v) is 11.3. The molecule has 0 aromatic heterocycles. The molecule has 3 aromatic rings. The first kappa shape index (κ1) is 27.2. The first-order valence-corrected chi connectivity index (χ1v) is 14.2. The molecular formula is C32H30N4O3S. The Labute approximate surface area is 238 Å². The average Bonchev–Trinajstić information content (AvgIpc) is 2.93. The maximum Gasteiger partial charge on any atom is 0.293 e. The summed E-state index contributed by atoms with van der Waals surface area (Å²) in [6.45, 7) is 6.13. The lowest BCUT2D eigenvalue weighted by atomic mass is 9.74. The lowest BCUT2D eigenvalue weighted by Gasteiger charge is -2.39. The van der Waals surface area contributed by atoms with Gasteiger partial charge in [0.05, 0.1) is 22.5 Å². The number of carbonyl (C=O) groups excluding carboxylic acids is 1. The summed E-state index contributed by atoms with van der Waals surface area (Å²) >= 11 is 1.74. The van der Waals surface area contributed by atoms with Gasteiger partial charge in [0.2, 0.25) is 0 Å². The number of hydrogen-bond acceptors (Lipinski definition) is 7. The van der Waals surface area contributed by atoms with Crippen molar-refractivity contribution in [1.29, 1.82) is 5.26 Å². The minimum atomic E-state index is -0.629. The van der Waals surface area contributed by atoms with Gasteiger partial charge in [0.25, 0.3) is 5.69 Å². The molecule has 0 amide bonds. The fourth-order valence-electron chi connectivity index (χ4n) is 5.66. The molecule has 202 valence electrons. The third kappa shape index (κ3) is 4.89. The zero-order chi connectivity index (χ0) is 28.6. The molecule has 2 N–H and O–H groups in total. The summed E-state index contributed by atoms with van der Waals surface area (Å²) in [6, 6.07) is 21.2. The van der Waals surface area contributed by atoms with Crippen molar-refractivity contribution < 1.29 is 9.72 Å². The van der Waals surface area contributed by atoms with Gasteiger partial charge in [0, 0.05) is 34.4 Å². The molecule has 5 rings (SSSR count). The summed E-state index contributed by atoms with van der Waals surface area (Å²) < 4.78 is 0. The predicted molar refractivity (Wildman–Crippen MR) is 158 cm³/mol. The van der Waals surface area contributed by atoms with Crippen LogP contribution in [0, 0.1) is 42.2 Å². The highest BCUT2D eigenvalue weighted by molar-refractivity contribution is 7.98. The van der Waals surface area contributed by atoms with Crippen molar-refractivity contribution in [3.05, 3.63) is 121 Å². The van der Waals surface area contributed by atoms with Crippen molar-refractivity contribution in [2.45, 2.75) is 56.6 Å². The van der Waals surface area contributed by atoms with Crippen LogP contribution < -0.4 is 10.6 Å². The number of anilines is 1. The molecule has 2 aliphatic rings. The lowest BCUT2D eigenvalue weighted by molar-refractivity contribution is -0.384. The Morgan fingerprint density at radius 2 is 1.80 bits per heavy atom. The van der Waals surface area contributed by atoms with Crippen LogP contribution in [0.4, 0.5) is 11.4 Å². The molecule has 0 radical (unpaired) electrons. The largest absolute Gasteiger partial charge is 0.384 e. The van der Waals surface area contributed by atoms with E-state index in [1.54, 1.807) is 34.9 Å². The highest BCUT2D eigenvalue weighted by Crippen LogP contribution is 2.48. The minimum absolute atomic E-state index is 0.0503. The topological polar surface area (TPSA) is 113 Å². The van der Waals surface area contributed by atoms with Gasteiger partial charge in [-0.1, -0.05) is 42.0 Å². The summed E-state index contributed by atoms with van der Waals surface area (Å²) in [4.78, 5) is 27.7. The number of nitro groups is 1. The Hall–Kier alpha value is -4.35. The zero-order valence-electron chi connectivity index (χ0n) is 22.7. The summed E-state index contributed by atoms with van der Waals surface area (Å²) in [6.07, 6.45) is 1.51. The molecule has 0 spiro atoms. The fourth-order valence-corrected chi connectivity index (χ4v) is 6.62. The van der Waals surface area contributed by atoms with Crippen molar-refractivity contribution in [3.63, 3.8) is 0 Å². The number of aryl methyl sites for hydroxylation is 3. The maximum absolute atomic E-state index is 13.6. The molecule has 1 atom stereocenters. The number of Topliss-reactive ketones (excluding diaryl/α,β-unsaturated/α-hetero) is 1. The predicted octanol–water partition coefficient (Wildman–Crippen LogP) is 7.12. The molecule has 0 saturated carbocycles. The normalized spacial score (nSPS) is 17.1. The molecule has 1 aliphatic heterocycles. The highest BCUT2D eigenvalue weighted by Gasteiger charge is 2.42. The first-order valence-electron chi connectivity index (χ1n) is 13.2. The molecule has 0 saturated heterocycles. The van der Waals surface area contributed by atoms with Gasteiger partial charge in [0.1, 0.15) is 11.5 Å². The van der Waals surface area contributed by atoms with Crippen LogP contribution in [0.2, 0.25) is 0 Å². The second kappa shape index (κ2) is 11.0. The zero-order valence-corrected chi connectivity index (χ0v) is 23.5. The smallest absolute Gasteiger partial charge is 0.293 e. The maximum atomic E-state index is 13.6. The van der Waals surface area contributed by atoms with Crippen molar-refractivity contribution in [1.82, 2.24) is 0 Å². The van der Waals surface area contributed by atoms with Gasteiger partial charge in [-0.15, -0.1) is 11.8 Å². The van der Waals surface area contributed by atoms with Gasteiger partial charge < -0.3 is 5.73 Å². The Kier molecular flexibility index (Phi) is 7.51. The first-order chi connectivity index (χ1) is 19.2. The molecule has 1 aliphatic carbocycles. The van der Waals surface area contributed by atoms with E-state index >= 15 is 0 Å². The number of thioether (sulfide) groups is 1. The van der Waals surface area contributed by atoms with Crippen molar-refractivity contribution in [3.8, 4) is 6.07 Å². The van der Waals surface area contributed by atoms with E-state index in [9.17, 15) is 20.2 Å². The summed E-state index contributed by atoms with van der Waals surface area (Å²) in [5, 5.41) is 22.3. The van der Waals surface area contributed by atoms with Crippen LogP contribution in [-0.2, 0) is 10.5 Å². The molecule has 0 fully saturated rings. The molecule has 0 bridgehead atoms. The van der Waals surface area contributed by atoms with E-state index in [2.05, 4.69) is 56.3 Å². The summed E-state index contributed by atoms with van der Waals surface area (Å²) in [5.41, 5.74) is 13.5. The van der Waals surface area contributed by atoms with E-state index in [0.29, 0.717) is 30.5 Å². The second-order valence-electron chi connectivity index (χ2n) is 10.3. The van der Waals surface area contributed by atoms with Gasteiger partial charge in [-0.3, -0.25) is 19.8 Å². The van der Waals surface area contributed by atoms with Crippen LogP contribution in [0.5, 0.6) is 0 Å². The number of nitro benzene ring substituents is 1. The van der Waals surface area contributed by atoms with Crippen molar-refractivity contribution in [2.24, 2.45) is 5.73 Å². The Morgan fingerprint density at radius 1 is 1.07 bits per heavy atom. The standard InChI is InChI=1S/C32H30N4O3S/c1-19-11-13-23(14-12-19)40-18-22-16-24(21(3)15-20(22)2)30-25(17-33)32(34)35(28-9-6-10-29(37)31(28)30)26-7-4-5-8-27(26)36(38)39/h4-5,7-8,11-16,30H,6,9-10,18,34H2,1-3H3. The molecule has 1 unspecified atom stereocenters. The van der Waals surface area contributed by atoms with E-state index in [0.717, 1.165) is 28.0 Å². The highest BCUT2D eigenvalue weighted by atomic mass is 32.2. The minimum Gasteiger partial charge on any atom is -0.384 e. The quantitative estimate of drug-likeness (QED) is 0.197. The number of nitrogens with two attached hydrogens (primary N) is 1. The van der Waals surface area contributed by atoms with Crippen LogP contribution in [0.15, 0.2) is 88.2 Å². The number of benzene rings is 3. The van der Waals surface area contributed by atoms with E-state index in [-0.39, 0.29) is 28.6 Å². The van der Waals surface area contributed by atoms with E-state index < -0.39 is 10.8 Å². The molecular weight excluding hydrogens is 520 g/mol. The monoisotopic (exact) mass is 550 g/mol. The van der Waals surface area contributed by atoms with Gasteiger partial charge in [-0.2, -0.15) is 5.26 Å². The Bertz CT molecular complexity index is 1630. The number of carbonyl (C=O) groups is 1. The molecule has 3 aromatic carbocycles. The Morgan fingerprint density at radius 3 is 2.50 bits per heavy atom. The van der Waals surface area contributed by atoms with E-state index in [1.165, 1.54) is 16.5 Å². The Balaban J connectivity index is 1.65. The lowest BCUT2D eigenvalue weighted by Crippen LogP contribution is -2.39. The summed E-state index contributed by atoms with van der Waals surface area (Å²) in [5.74, 6) is 0.185.